The second-order valence-corrected chi connectivity index (χ2v) is 11.7. The lowest BCUT2D eigenvalue weighted by atomic mass is 9.94. The van der Waals surface area contributed by atoms with Crippen LogP contribution < -0.4 is 15.8 Å². The fourth-order valence-electron chi connectivity index (χ4n) is 3.92. The van der Waals surface area contributed by atoms with Crippen LogP contribution in [0.3, 0.4) is 0 Å². The van der Waals surface area contributed by atoms with Crippen molar-refractivity contribution in [2.24, 2.45) is 0 Å². The number of amides is 1. The van der Waals surface area contributed by atoms with E-state index in [1.54, 1.807) is 18.5 Å². The number of rotatable bonds is 8. The van der Waals surface area contributed by atoms with E-state index in [9.17, 15) is 4.79 Å². The molecule has 0 aliphatic rings. The molecular formula is C23H32ClFN6O2Si. The number of benzene rings is 1. The largest absolute Gasteiger partial charge is 0.490 e. The number of carbonyl (C=O) groups excluding carboxylic acids is 1. The Morgan fingerprint density at radius 1 is 1.44 bits per heavy atom. The van der Waals surface area contributed by atoms with E-state index < -0.39 is 16.8 Å². The molecule has 8 nitrogen and oxygen atoms in total. The fraction of sp³-hybridized carbons (Fsp3) is 0.435. The summed E-state index contributed by atoms with van der Waals surface area (Å²) < 4.78 is 23.3. The van der Waals surface area contributed by atoms with Gasteiger partial charge in [0, 0.05) is 46.3 Å². The van der Waals surface area contributed by atoms with Crippen LogP contribution in [-0.4, -0.2) is 68.7 Å². The van der Waals surface area contributed by atoms with Crippen molar-refractivity contribution in [3.63, 3.8) is 0 Å². The van der Waals surface area contributed by atoms with Gasteiger partial charge in [0.25, 0.3) is 5.91 Å². The predicted octanol–water partition coefficient (Wildman–Crippen LogP) is 2.12. The summed E-state index contributed by atoms with van der Waals surface area (Å²) in [5, 5.41) is 1.93. The lowest BCUT2D eigenvalue weighted by molar-refractivity contribution is 0.0940. The number of nitrogens with zero attached hydrogens (tertiary/aromatic N) is 4. The average molecular weight is 507 g/mol. The van der Waals surface area contributed by atoms with Crippen LogP contribution in [0, 0.1) is 12.7 Å². The summed E-state index contributed by atoms with van der Waals surface area (Å²) in [6, 6.07) is 1.54. The van der Waals surface area contributed by atoms with Crippen LogP contribution in [0.4, 0.5) is 10.2 Å². The zero-order valence-corrected chi connectivity index (χ0v) is 23.4. The molecule has 0 fully saturated rings. The van der Waals surface area contributed by atoms with E-state index in [-0.39, 0.29) is 22.4 Å². The Labute approximate surface area is 207 Å². The van der Waals surface area contributed by atoms with Crippen molar-refractivity contribution < 1.29 is 13.9 Å². The average Bonchev–Trinajstić information content (AvgIpc) is 3.08. The van der Waals surface area contributed by atoms with Crippen LogP contribution in [0.15, 0.2) is 18.5 Å². The monoisotopic (exact) mass is 506 g/mol. The van der Waals surface area contributed by atoms with Crippen molar-refractivity contribution in [1.82, 2.24) is 24.6 Å². The van der Waals surface area contributed by atoms with E-state index in [0.29, 0.717) is 46.1 Å². The van der Waals surface area contributed by atoms with Crippen LogP contribution in [0.2, 0.25) is 5.02 Å². The molecule has 0 spiro atoms. The summed E-state index contributed by atoms with van der Waals surface area (Å²) in [5.74, 6) is -0.149. The van der Waals surface area contributed by atoms with Gasteiger partial charge >= 0.3 is 0 Å². The zero-order valence-electron chi connectivity index (χ0n) is 20.7. The molecule has 3 aromatic rings. The predicted molar refractivity (Wildman–Crippen MR) is 137 cm³/mol. The summed E-state index contributed by atoms with van der Waals surface area (Å²) in [7, 11) is 4.33. The zero-order chi connectivity index (χ0) is 25.4. The Kier molecular flexibility index (Phi) is 7.54. The molecule has 1 aromatic carbocycles. The summed E-state index contributed by atoms with van der Waals surface area (Å²) >= 11 is 6.34. The molecule has 3 rings (SSSR count). The summed E-state index contributed by atoms with van der Waals surface area (Å²) in [6.07, 6.45) is 3.10. The van der Waals surface area contributed by atoms with Gasteiger partial charge in [-0.05, 0) is 40.9 Å². The SMILES string of the molecule is Cc1nc([C@@](C)([SiH3])c2cc(Cl)c(F)c(C(=O)NCCN(C)C)c2OC(C)C)n2ccnc(N)c12. The molecule has 3 N–H and O–H groups in total. The Bertz CT molecular complexity index is 1230. The van der Waals surface area contributed by atoms with Crippen molar-refractivity contribution in [3.8, 4) is 5.75 Å². The number of anilines is 1. The highest BCUT2D eigenvalue weighted by Gasteiger charge is 2.36. The number of imidazole rings is 1. The highest BCUT2D eigenvalue weighted by molar-refractivity contribution is 6.31. The first-order valence-corrected chi connectivity index (χ1v) is 12.5. The molecule has 0 bridgehead atoms. The van der Waals surface area contributed by atoms with E-state index in [1.165, 1.54) is 0 Å². The van der Waals surface area contributed by atoms with Gasteiger partial charge in [0.05, 0.1) is 16.8 Å². The number of aromatic nitrogens is 3. The molecule has 184 valence electrons. The first-order chi connectivity index (χ1) is 15.9. The Morgan fingerprint density at radius 3 is 2.74 bits per heavy atom. The topological polar surface area (TPSA) is 97.8 Å². The number of aryl methyl sites for hydroxylation is 1. The Morgan fingerprint density at radius 2 is 2.12 bits per heavy atom. The van der Waals surface area contributed by atoms with Crippen LogP contribution in [0.25, 0.3) is 5.52 Å². The van der Waals surface area contributed by atoms with Gasteiger partial charge in [0.1, 0.15) is 28.5 Å². The van der Waals surface area contributed by atoms with Crippen LogP contribution in [0.5, 0.6) is 5.75 Å². The molecule has 0 saturated heterocycles. The first-order valence-electron chi connectivity index (χ1n) is 11.1. The molecule has 0 saturated carbocycles. The minimum absolute atomic E-state index is 0.148. The van der Waals surface area contributed by atoms with Crippen molar-refractivity contribution in [3.05, 3.63) is 51.9 Å². The number of nitrogen functional groups attached to an aromatic ring is 1. The number of hydrogen-bond donors (Lipinski definition) is 2. The molecular weight excluding hydrogens is 475 g/mol. The molecule has 0 aliphatic heterocycles. The van der Waals surface area contributed by atoms with Gasteiger partial charge in [0.15, 0.2) is 5.82 Å². The minimum Gasteiger partial charge on any atom is -0.490 e. The van der Waals surface area contributed by atoms with E-state index in [1.807, 2.05) is 51.1 Å². The quantitative estimate of drug-likeness (QED) is 0.454. The summed E-state index contributed by atoms with van der Waals surface area (Å²) in [4.78, 5) is 24.0. The molecule has 0 aliphatic carbocycles. The van der Waals surface area contributed by atoms with Crippen molar-refractivity contribution >= 4 is 39.1 Å². The highest BCUT2D eigenvalue weighted by atomic mass is 35.5. The van der Waals surface area contributed by atoms with Gasteiger partial charge in [0.2, 0.25) is 0 Å². The number of likely N-dealkylation sites (N-methyl/N-ethyl adjacent to an activating group) is 1. The maximum Gasteiger partial charge on any atom is 0.258 e. The van der Waals surface area contributed by atoms with E-state index >= 15 is 4.39 Å². The number of fused-ring (bicyclic) bond motifs is 1. The normalized spacial score (nSPS) is 13.6. The number of hydrogen-bond acceptors (Lipinski definition) is 6. The van der Waals surface area contributed by atoms with Crippen LogP contribution in [-0.2, 0) is 5.04 Å². The minimum atomic E-state index is -0.807. The molecule has 0 radical (unpaired) electrons. The third kappa shape index (κ3) is 4.89. The molecule has 2 aromatic heterocycles. The smallest absolute Gasteiger partial charge is 0.258 e. The number of carbonyl (C=O) groups is 1. The molecule has 11 heteroatoms. The maximum absolute atomic E-state index is 15.3. The van der Waals surface area contributed by atoms with E-state index in [4.69, 9.17) is 27.1 Å². The van der Waals surface area contributed by atoms with Gasteiger partial charge in [-0.25, -0.2) is 14.4 Å². The Hall–Kier alpha value is -2.69. The van der Waals surface area contributed by atoms with Gasteiger partial charge < -0.3 is 20.7 Å². The second-order valence-electron chi connectivity index (χ2n) is 9.33. The molecule has 0 unspecified atom stereocenters. The molecule has 1 amide bonds. The van der Waals surface area contributed by atoms with Crippen molar-refractivity contribution in [1.29, 1.82) is 0 Å². The van der Waals surface area contributed by atoms with E-state index in [2.05, 4.69) is 10.3 Å². The lowest BCUT2D eigenvalue weighted by Crippen LogP contribution is -2.34. The number of halogens is 2. The number of nitrogens with two attached hydrogens (primary N) is 1. The first kappa shape index (κ1) is 25.9. The third-order valence-electron chi connectivity index (χ3n) is 5.59. The lowest BCUT2D eigenvalue weighted by Gasteiger charge is -2.29. The van der Waals surface area contributed by atoms with Gasteiger partial charge in [-0.3, -0.25) is 9.20 Å². The Balaban J connectivity index is 2.24. The van der Waals surface area contributed by atoms with Crippen LogP contribution in [0.1, 0.15) is 48.2 Å². The van der Waals surface area contributed by atoms with Crippen molar-refractivity contribution in [2.45, 2.75) is 38.8 Å². The standard InChI is InChI=1S/C23H32ClFN6O2Si/c1-12(2)33-19-14(11-15(24)17(25)16(19)21(32)28-7-9-30(5)6)23(4,34)22-29-13(3)18-20(26)27-8-10-31(18)22/h8,10-12H,7,9H2,1-6,34H3,(H2,26,27)(H,28,32)/t23-/m0/s1. The van der Waals surface area contributed by atoms with Gasteiger partial charge in [-0.1, -0.05) is 18.5 Å². The number of ether oxygens (including phenoxy) is 1. The highest BCUT2D eigenvalue weighted by Crippen LogP contribution is 2.41. The second kappa shape index (κ2) is 9.89. The van der Waals surface area contributed by atoms with E-state index in [0.717, 1.165) is 5.69 Å². The summed E-state index contributed by atoms with van der Waals surface area (Å²) in [6.45, 7) is 8.46. The molecule has 1 atom stereocenters. The van der Waals surface area contributed by atoms with Gasteiger partial charge in [-0.15, -0.1) is 0 Å². The van der Waals surface area contributed by atoms with Crippen LogP contribution >= 0.6 is 11.6 Å². The number of nitrogens with one attached hydrogen (secondary N) is 1. The van der Waals surface area contributed by atoms with Gasteiger partial charge in [-0.2, -0.15) is 0 Å². The molecule has 2 heterocycles. The third-order valence-corrected chi connectivity index (χ3v) is 6.85. The summed E-state index contributed by atoms with van der Waals surface area (Å²) in [5.41, 5.74) is 7.94. The maximum atomic E-state index is 15.3. The fourth-order valence-corrected chi connectivity index (χ4v) is 4.85. The van der Waals surface area contributed by atoms with Crippen molar-refractivity contribution in [2.75, 3.05) is 32.9 Å². The molecule has 34 heavy (non-hydrogen) atoms.